The highest BCUT2D eigenvalue weighted by atomic mass is 32.1. The Hall–Kier alpha value is -2.25. The SMILES string of the molecule is Cc1c(-c2nn(CN3CCCC3)c(=S)o2)cnn1-c1ccccc1. The molecule has 7 heteroatoms. The molecule has 124 valence electrons. The molecular weight excluding hydrogens is 322 g/mol. The summed E-state index contributed by atoms with van der Waals surface area (Å²) in [6.07, 6.45) is 4.26. The van der Waals surface area contributed by atoms with Gasteiger partial charge in [0.15, 0.2) is 0 Å². The van der Waals surface area contributed by atoms with Crippen molar-refractivity contribution in [1.29, 1.82) is 0 Å². The van der Waals surface area contributed by atoms with Crippen LogP contribution >= 0.6 is 12.2 Å². The Bertz CT molecular complexity index is 889. The van der Waals surface area contributed by atoms with Crippen LogP contribution in [0.5, 0.6) is 0 Å². The molecule has 6 nitrogen and oxygen atoms in total. The molecule has 0 unspecified atom stereocenters. The van der Waals surface area contributed by atoms with E-state index in [1.165, 1.54) is 12.8 Å². The zero-order chi connectivity index (χ0) is 16.5. The molecule has 24 heavy (non-hydrogen) atoms. The number of likely N-dealkylation sites (tertiary alicyclic amines) is 1. The van der Waals surface area contributed by atoms with Gasteiger partial charge in [-0.25, -0.2) is 9.36 Å². The van der Waals surface area contributed by atoms with E-state index < -0.39 is 0 Å². The standard InChI is InChI=1S/C17H19N5OS/c1-13-15(11-18-22(13)14-7-3-2-4-8-14)16-19-21(17(24)23-16)12-20-9-5-6-10-20/h2-4,7-8,11H,5-6,9-10,12H2,1H3. The van der Waals surface area contributed by atoms with Gasteiger partial charge in [0.1, 0.15) is 0 Å². The molecule has 0 N–H and O–H groups in total. The van der Waals surface area contributed by atoms with Crippen molar-refractivity contribution in [3.63, 3.8) is 0 Å². The topological polar surface area (TPSA) is 52.0 Å². The second-order valence-corrected chi connectivity index (χ2v) is 6.38. The summed E-state index contributed by atoms with van der Waals surface area (Å²) in [6, 6.07) is 10.0. The third-order valence-electron chi connectivity index (χ3n) is 4.38. The Morgan fingerprint density at radius 2 is 1.92 bits per heavy atom. The van der Waals surface area contributed by atoms with Crippen molar-refractivity contribution in [3.05, 3.63) is 47.1 Å². The molecule has 1 fully saturated rings. The Morgan fingerprint density at radius 3 is 2.67 bits per heavy atom. The van der Waals surface area contributed by atoms with Crippen LogP contribution in [-0.2, 0) is 6.67 Å². The molecule has 1 aromatic carbocycles. The number of nitrogens with zero attached hydrogens (tertiary/aromatic N) is 5. The first-order valence-corrected chi connectivity index (χ1v) is 8.54. The van der Waals surface area contributed by atoms with E-state index in [1.807, 2.05) is 41.9 Å². The lowest BCUT2D eigenvalue weighted by molar-refractivity contribution is 0.249. The number of benzene rings is 1. The zero-order valence-corrected chi connectivity index (χ0v) is 14.4. The molecule has 0 aliphatic carbocycles. The summed E-state index contributed by atoms with van der Waals surface area (Å²) >= 11 is 5.33. The van der Waals surface area contributed by atoms with E-state index in [-0.39, 0.29) is 0 Å². The van der Waals surface area contributed by atoms with Crippen LogP contribution in [0, 0.1) is 11.8 Å². The molecule has 0 saturated carbocycles. The van der Waals surface area contributed by atoms with Gasteiger partial charge in [0.2, 0.25) is 5.89 Å². The highest BCUT2D eigenvalue weighted by Crippen LogP contribution is 2.24. The third-order valence-corrected chi connectivity index (χ3v) is 4.67. The monoisotopic (exact) mass is 341 g/mol. The lowest BCUT2D eigenvalue weighted by Crippen LogP contribution is -2.23. The van der Waals surface area contributed by atoms with Crippen LogP contribution in [0.3, 0.4) is 0 Å². The van der Waals surface area contributed by atoms with Crippen LogP contribution in [0.1, 0.15) is 18.5 Å². The highest BCUT2D eigenvalue weighted by molar-refractivity contribution is 7.71. The summed E-state index contributed by atoms with van der Waals surface area (Å²) in [4.78, 5) is 2.74. The quantitative estimate of drug-likeness (QED) is 0.681. The Balaban J connectivity index is 1.65. The minimum Gasteiger partial charge on any atom is -0.409 e. The fourth-order valence-corrected chi connectivity index (χ4v) is 3.24. The van der Waals surface area contributed by atoms with Crippen molar-refractivity contribution in [2.75, 3.05) is 13.1 Å². The highest BCUT2D eigenvalue weighted by Gasteiger charge is 2.18. The van der Waals surface area contributed by atoms with Crippen molar-refractivity contribution < 1.29 is 4.42 Å². The van der Waals surface area contributed by atoms with Gasteiger partial charge >= 0.3 is 0 Å². The van der Waals surface area contributed by atoms with Crippen molar-refractivity contribution in [2.45, 2.75) is 26.4 Å². The molecule has 3 heterocycles. The van der Waals surface area contributed by atoms with Gasteiger partial charge in [0.05, 0.1) is 29.8 Å². The third kappa shape index (κ3) is 2.81. The number of aromatic nitrogens is 4. The average Bonchev–Trinajstić information content (AvgIpc) is 3.31. The number of hydrogen-bond acceptors (Lipinski definition) is 5. The van der Waals surface area contributed by atoms with E-state index in [0.29, 0.717) is 17.4 Å². The lowest BCUT2D eigenvalue weighted by atomic mass is 10.2. The molecule has 0 bridgehead atoms. The Morgan fingerprint density at radius 1 is 1.17 bits per heavy atom. The van der Waals surface area contributed by atoms with E-state index in [2.05, 4.69) is 15.1 Å². The van der Waals surface area contributed by atoms with Crippen molar-refractivity contribution in [3.8, 4) is 17.1 Å². The maximum absolute atomic E-state index is 5.73. The molecule has 0 radical (unpaired) electrons. The van der Waals surface area contributed by atoms with E-state index >= 15 is 0 Å². The molecule has 1 saturated heterocycles. The van der Waals surface area contributed by atoms with Crippen molar-refractivity contribution in [2.24, 2.45) is 0 Å². The largest absolute Gasteiger partial charge is 0.409 e. The predicted molar refractivity (Wildman–Crippen MR) is 93.4 cm³/mol. The summed E-state index contributed by atoms with van der Waals surface area (Å²) in [5.41, 5.74) is 2.85. The molecule has 0 spiro atoms. The molecule has 3 aromatic rings. The molecule has 0 amide bonds. The molecule has 0 atom stereocenters. The Labute approximate surface area is 145 Å². The number of hydrogen-bond donors (Lipinski definition) is 0. The first kappa shape index (κ1) is 15.3. The molecule has 2 aromatic heterocycles. The van der Waals surface area contributed by atoms with Gasteiger partial charge in [0, 0.05) is 0 Å². The fourth-order valence-electron chi connectivity index (χ4n) is 3.07. The first-order valence-electron chi connectivity index (χ1n) is 8.13. The Kier molecular flexibility index (Phi) is 4.03. The van der Waals surface area contributed by atoms with E-state index in [1.54, 1.807) is 10.9 Å². The first-order chi connectivity index (χ1) is 11.7. The molecular formula is C17H19N5OS. The molecule has 1 aliphatic heterocycles. The summed E-state index contributed by atoms with van der Waals surface area (Å²) in [5, 5.41) is 9.03. The summed E-state index contributed by atoms with van der Waals surface area (Å²) in [7, 11) is 0. The number of para-hydroxylation sites is 1. The van der Waals surface area contributed by atoms with Crippen LogP contribution < -0.4 is 0 Å². The minimum atomic E-state index is 0.406. The maximum Gasteiger partial charge on any atom is 0.288 e. The predicted octanol–water partition coefficient (Wildman–Crippen LogP) is 3.42. The van der Waals surface area contributed by atoms with Gasteiger partial charge in [-0.2, -0.15) is 5.10 Å². The van der Waals surface area contributed by atoms with E-state index in [4.69, 9.17) is 16.6 Å². The van der Waals surface area contributed by atoms with E-state index in [9.17, 15) is 0 Å². The minimum absolute atomic E-state index is 0.406. The van der Waals surface area contributed by atoms with Gasteiger partial charge in [-0.15, -0.1) is 5.10 Å². The second kappa shape index (κ2) is 6.33. The van der Waals surface area contributed by atoms with Gasteiger partial charge in [0.25, 0.3) is 4.84 Å². The van der Waals surface area contributed by atoms with E-state index in [0.717, 1.165) is 30.0 Å². The van der Waals surface area contributed by atoms with Gasteiger partial charge in [-0.05, 0) is 57.2 Å². The van der Waals surface area contributed by atoms with Gasteiger partial charge in [-0.1, -0.05) is 18.2 Å². The number of rotatable bonds is 4. The zero-order valence-electron chi connectivity index (χ0n) is 13.6. The summed E-state index contributed by atoms with van der Waals surface area (Å²) < 4.78 is 9.37. The summed E-state index contributed by atoms with van der Waals surface area (Å²) in [6.45, 7) is 4.88. The van der Waals surface area contributed by atoms with Crippen LogP contribution in [0.2, 0.25) is 0 Å². The second-order valence-electron chi connectivity index (χ2n) is 6.03. The van der Waals surface area contributed by atoms with Gasteiger partial charge < -0.3 is 4.42 Å². The van der Waals surface area contributed by atoms with Crippen LogP contribution in [0.25, 0.3) is 17.1 Å². The van der Waals surface area contributed by atoms with Crippen molar-refractivity contribution >= 4 is 12.2 Å². The smallest absolute Gasteiger partial charge is 0.288 e. The average molecular weight is 341 g/mol. The maximum atomic E-state index is 5.73. The normalized spacial score (nSPS) is 15.2. The lowest BCUT2D eigenvalue weighted by Gasteiger charge is -2.12. The fraction of sp³-hybridized carbons (Fsp3) is 0.353. The van der Waals surface area contributed by atoms with Crippen LogP contribution in [-0.4, -0.2) is 37.6 Å². The van der Waals surface area contributed by atoms with Crippen LogP contribution in [0.15, 0.2) is 40.9 Å². The van der Waals surface area contributed by atoms with Crippen LogP contribution in [0.4, 0.5) is 0 Å². The summed E-state index contributed by atoms with van der Waals surface area (Å²) in [5.74, 6) is 0.527. The van der Waals surface area contributed by atoms with Gasteiger partial charge in [-0.3, -0.25) is 4.90 Å². The molecule has 1 aliphatic rings. The molecule has 4 rings (SSSR count). The van der Waals surface area contributed by atoms with Crippen molar-refractivity contribution in [1.82, 2.24) is 24.5 Å².